The molecule has 0 saturated carbocycles. The molecule has 0 radical (unpaired) electrons. The second-order valence-corrected chi connectivity index (χ2v) is 8.83. The van der Waals surface area contributed by atoms with Crippen LogP contribution in [0, 0.1) is 0 Å². The van der Waals surface area contributed by atoms with Crippen molar-refractivity contribution in [1.82, 2.24) is 0 Å². The van der Waals surface area contributed by atoms with Gasteiger partial charge in [-0.3, -0.25) is 4.79 Å². The van der Waals surface area contributed by atoms with E-state index in [1.807, 2.05) is 0 Å². The summed E-state index contributed by atoms with van der Waals surface area (Å²) < 4.78 is 44.9. The molecular weight excluding hydrogens is 445 g/mol. The van der Waals surface area contributed by atoms with Gasteiger partial charge >= 0.3 is 17.8 Å². The summed E-state index contributed by atoms with van der Waals surface area (Å²) in [6.07, 6.45) is 14.3. The summed E-state index contributed by atoms with van der Waals surface area (Å²) in [5.74, 6) is -0.284. The molecule has 0 spiro atoms. The van der Waals surface area contributed by atoms with E-state index in [2.05, 4.69) is 22.4 Å². The fourth-order valence-electron chi connectivity index (χ4n) is 3.81. The van der Waals surface area contributed by atoms with Gasteiger partial charge in [-0.2, -0.15) is 13.2 Å². The first-order valence-electron chi connectivity index (χ1n) is 12.5. The minimum absolute atomic E-state index is 0.000433. The highest BCUT2D eigenvalue weighted by molar-refractivity contribution is 5.66. The van der Waals surface area contributed by atoms with Gasteiger partial charge < -0.3 is 9.84 Å². The van der Waals surface area contributed by atoms with Crippen molar-refractivity contribution in [2.75, 3.05) is 6.61 Å². The highest BCUT2D eigenvalue weighted by Crippen LogP contribution is 2.52. The van der Waals surface area contributed by atoms with Crippen molar-refractivity contribution >= 4 is 5.97 Å². The third-order valence-electron chi connectivity index (χ3n) is 5.89. The lowest BCUT2D eigenvalue weighted by atomic mass is 10.0. The molecule has 0 aliphatic carbocycles. The number of hydrogen-bond donors (Lipinski definition) is 1. The van der Waals surface area contributed by atoms with E-state index in [9.17, 15) is 18.0 Å². The summed E-state index contributed by atoms with van der Waals surface area (Å²) >= 11 is 0. The molecule has 1 aliphatic heterocycles. The lowest BCUT2D eigenvalue weighted by Gasteiger charge is -2.15. The SMILES string of the molecule is O=C(O)CCCCCCC/C=C\CCCCCCCCOc1cccc(C2(C(F)(F)F)N=N2)c1. The number of ether oxygens (including phenoxy) is 1. The summed E-state index contributed by atoms with van der Waals surface area (Å²) in [6, 6.07) is 5.96. The third-order valence-corrected chi connectivity index (χ3v) is 5.89. The lowest BCUT2D eigenvalue weighted by Crippen LogP contribution is -2.30. The molecule has 1 aromatic rings. The number of aliphatic carboxylic acids is 1. The van der Waals surface area contributed by atoms with E-state index in [1.165, 1.54) is 44.2 Å². The molecule has 1 N–H and O–H groups in total. The molecule has 0 atom stereocenters. The van der Waals surface area contributed by atoms with Gasteiger partial charge in [0.25, 0.3) is 0 Å². The average Bonchev–Trinajstić information content (AvgIpc) is 3.61. The Kier molecular flexibility index (Phi) is 12.1. The van der Waals surface area contributed by atoms with Crippen LogP contribution in [0.5, 0.6) is 5.75 Å². The summed E-state index contributed by atoms with van der Waals surface area (Å²) in [5.41, 5.74) is -2.40. The number of rotatable bonds is 19. The average molecular weight is 483 g/mol. The number of halogens is 3. The van der Waals surface area contributed by atoms with Crippen LogP contribution in [0.25, 0.3) is 0 Å². The zero-order valence-electron chi connectivity index (χ0n) is 19.9. The van der Waals surface area contributed by atoms with Crippen LogP contribution in [0.1, 0.15) is 95.5 Å². The molecule has 0 unspecified atom stereocenters. The van der Waals surface area contributed by atoms with Crippen LogP contribution >= 0.6 is 0 Å². The number of hydrogen-bond acceptors (Lipinski definition) is 4. The van der Waals surface area contributed by atoms with Crippen molar-refractivity contribution in [3.63, 3.8) is 0 Å². The largest absolute Gasteiger partial charge is 0.494 e. The van der Waals surface area contributed by atoms with Gasteiger partial charge in [0.05, 0.1) is 6.61 Å². The van der Waals surface area contributed by atoms with E-state index in [0.717, 1.165) is 51.4 Å². The Morgan fingerprint density at radius 1 is 0.882 bits per heavy atom. The Balaban J connectivity index is 1.40. The molecule has 1 aromatic carbocycles. The van der Waals surface area contributed by atoms with Gasteiger partial charge in [-0.15, -0.1) is 10.2 Å². The number of alkyl halides is 3. The highest BCUT2D eigenvalue weighted by Gasteiger charge is 2.65. The Labute approximate surface area is 200 Å². The maximum absolute atomic E-state index is 13.1. The Morgan fingerprint density at radius 2 is 1.44 bits per heavy atom. The molecule has 5 nitrogen and oxygen atoms in total. The fraction of sp³-hybridized carbons (Fsp3) is 0.654. The normalized spacial score (nSPS) is 14.6. The van der Waals surface area contributed by atoms with Crippen molar-refractivity contribution in [2.24, 2.45) is 10.2 Å². The maximum Gasteiger partial charge on any atom is 0.442 e. The van der Waals surface area contributed by atoms with Gasteiger partial charge in [0, 0.05) is 12.0 Å². The first kappa shape index (κ1) is 27.9. The summed E-state index contributed by atoms with van der Waals surface area (Å²) in [6.45, 7) is 0.485. The number of benzene rings is 1. The van der Waals surface area contributed by atoms with E-state index in [1.54, 1.807) is 12.1 Å². The first-order chi connectivity index (χ1) is 16.3. The van der Waals surface area contributed by atoms with Crippen molar-refractivity contribution in [3.05, 3.63) is 42.0 Å². The van der Waals surface area contributed by atoms with E-state index in [-0.39, 0.29) is 12.0 Å². The second-order valence-electron chi connectivity index (χ2n) is 8.83. The van der Waals surface area contributed by atoms with Crippen LogP contribution in [0.2, 0.25) is 0 Å². The molecule has 0 fully saturated rings. The number of carboxylic acids is 1. The van der Waals surface area contributed by atoms with Crippen LogP contribution in [0.4, 0.5) is 13.2 Å². The van der Waals surface area contributed by atoms with E-state index < -0.39 is 17.8 Å². The number of allylic oxidation sites excluding steroid dienone is 2. The van der Waals surface area contributed by atoms with E-state index in [4.69, 9.17) is 9.84 Å². The minimum Gasteiger partial charge on any atom is -0.494 e. The van der Waals surface area contributed by atoms with Gasteiger partial charge in [-0.25, -0.2) is 0 Å². The van der Waals surface area contributed by atoms with Gasteiger partial charge in [0.1, 0.15) is 5.75 Å². The number of carbonyl (C=O) groups is 1. The number of unbranched alkanes of at least 4 members (excludes halogenated alkanes) is 11. The highest BCUT2D eigenvalue weighted by atomic mass is 19.4. The van der Waals surface area contributed by atoms with Crippen molar-refractivity contribution in [2.45, 2.75) is 102 Å². The quantitative estimate of drug-likeness (QED) is 0.159. The molecular formula is C26H37F3N2O3. The van der Waals surface area contributed by atoms with E-state index >= 15 is 0 Å². The van der Waals surface area contributed by atoms with Gasteiger partial charge in [-0.05, 0) is 50.7 Å². The number of nitrogens with zero attached hydrogens (tertiary/aromatic N) is 2. The molecule has 0 amide bonds. The molecule has 8 heteroatoms. The Morgan fingerprint density at radius 3 is 2.00 bits per heavy atom. The third kappa shape index (κ3) is 10.3. The number of carboxylic acid groups (broad SMARTS) is 1. The summed E-state index contributed by atoms with van der Waals surface area (Å²) in [5, 5.41) is 15.0. The second kappa shape index (κ2) is 14.8. The van der Waals surface area contributed by atoms with Gasteiger partial charge in [0.15, 0.2) is 0 Å². The first-order valence-corrected chi connectivity index (χ1v) is 12.5. The van der Waals surface area contributed by atoms with Crippen LogP contribution in [0.15, 0.2) is 46.6 Å². The topological polar surface area (TPSA) is 71.2 Å². The van der Waals surface area contributed by atoms with Crippen LogP contribution < -0.4 is 4.74 Å². The van der Waals surface area contributed by atoms with Crippen LogP contribution in [0.3, 0.4) is 0 Å². The molecule has 2 rings (SSSR count). The van der Waals surface area contributed by atoms with Crippen LogP contribution in [-0.2, 0) is 10.5 Å². The Hall–Kier alpha value is -2.38. The van der Waals surface area contributed by atoms with Crippen molar-refractivity contribution in [1.29, 1.82) is 0 Å². The standard InChI is InChI=1S/C26H37F3N2O3/c27-26(28,29)25(30-31-25)22-17-16-18-23(21-22)34-20-15-13-11-9-7-5-3-1-2-4-6-8-10-12-14-19-24(32)33/h1-2,16-18,21H,3-15,19-20H2,(H,32,33)/b2-1-. The molecule has 1 heterocycles. The maximum atomic E-state index is 13.1. The molecule has 34 heavy (non-hydrogen) atoms. The molecule has 1 aliphatic rings. The molecule has 0 bridgehead atoms. The zero-order valence-corrected chi connectivity index (χ0v) is 19.9. The molecule has 190 valence electrons. The Bertz CT molecular complexity index is 788. The predicted molar refractivity (Wildman–Crippen MR) is 126 cm³/mol. The van der Waals surface area contributed by atoms with Crippen molar-refractivity contribution < 1.29 is 27.8 Å². The summed E-state index contributed by atoms with van der Waals surface area (Å²) in [7, 11) is 0. The monoisotopic (exact) mass is 482 g/mol. The van der Waals surface area contributed by atoms with Crippen molar-refractivity contribution in [3.8, 4) is 5.75 Å². The van der Waals surface area contributed by atoms with Gasteiger partial charge in [0.2, 0.25) is 0 Å². The minimum atomic E-state index is -4.52. The van der Waals surface area contributed by atoms with Gasteiger partial charge in [-0.1, -0.05) is 69.2 Å². The smallest absolute Gasteiger partial charge is 0.442 e. The summed E-state index contributed by atoms with van der Waals surface area (Å²) in [4.78, 5) is 10.4. The van der Waals surface area contributed by atoms with Crippen LogP contribution in [-0.4, -0.2) is 23.9 Å². The van der Waals surface area contributed by atoms with E-state index in [0.29, 0.717) is 12.4 Å². The lowest BCUT2D eigenvalue weighted by molar-refractivity contribution is -0.166. The zero-order chi connectivity index (χ0) is 24.7. The molecule has 0 aromatic heterocycles. The molecule has 0 saturated heterocycles. The predicted octanol–water partition coefficient (Wildman–Crippen LogP) is 8.35. The fourth-order valence-corrected chi connectivity index (χ4v) is 3.81.